The van der Waals surface area contributed by atoms with Crippen LogP contribution >= 0.6 is 23.1 Å². The smallest absolute Gasteiger partial charge is 0.262 e. The van der Waals surface area contributed by atoms with Crippen LogP contribution in [0.4, 0.5) is 0 Å². The number of carbonyl (C=O) groups excluding carboxylic acids is 1. The molecule has 0 unspecified atom stereocenters. The van der Waals surface area contributed by atoms with Crippen molar-refractivity contribution < 1.29 is 13.2 Å². The Morgan fingerprint density at radius 1 is 1.27 bits per heavy atom. The zero-order chi connectivity index (χ0) is 21.9. The van der Waals surface area contributed by atoms with Crippen LogP contribution in [0.2, 0.25) is 0 Å². The van der Waals surface area contributed by atoms with Crippen molar-refractivity contribution in [2.24, 2.45) is 5.14 Å². The Bertz CT molecular complexity index is 1230. The number of benzene rings is 1. The predicted molar refractivity (Wildman–Crippen MR) is 119 cm³/mol. The average molecular weight is 467 g/mol. The first-order chi connectivity index (χ1) is 14.2. The van der Waals surface area contributed by atoms with Gasteiger partial charge >= 0.3 is 0 Å². The topological polar surface area (TPSA) is 124 Å². The second-order valence-electron chi connectivity index (χ2n) is 6.48. The Labute approximate surface area is 182 Å². The van der Waals surface area contributed by atoms with Crippen molar-refractivity contribution in [2.45, 2.75) is 43.4 Å². The summed E-state index contributed by atoms with van der Waals surface area (Å²) in [6, 6.07) is 7.88. The van der Waals surface area contributed by atoms with E-state index < -0.39 is 10.0 Å². The van der Waals surface area contributed by atoms with Crippen molar-refractivity contribution in [3.63, 3.8) is 0 Å². The predicted octanol–water partition coefficient (Wildman–Crippen LogP) is 2.10. The van der Waals surface area contributed by atoms with E-state index in [1.54, 1.807) is 16.7 Å². The van der Waals surface area contributed by atoms with E-state index in [4.69, 9.17) is 5.14 Å². The van der Waals surface area contributed by atoms with Crippen molar-refractivity contribution >= 4 is 49.2 Å². The van der Waals surface area contributed by atoms with Gasteiger partial charge in [-0.15, -0.1) is 11.3 Å². The third-order valence-electron chi connectivity index (χ3n) is 4.41. The molecule has 160 valence electrons. The van der Waals surface area contributed by atoms with Gasteiger partial charge in [-0.2, -0.15) is 0 Å². The van der Waals surface area contributed by atoms with Crippen LogP contribution in [-0.2, 0) is 34.3 Å². The molecule has 0 saturated heterocycles. The number of carbonyl (C=O) groups is 1. The van der Waals surface area contributed by atoms with E-state index in [9.17, 15) is 18.0 Å². The van der Waals surface area contributed by atoms with Crippen molar-refractivity contribution in [3.05, 3.63) is 51.1 Å². The number of hydrogen-bond acceptors (Lipinski definition) is 7. The lowest BCUT2D eigenvalue weighted by Gasteiger charge is -2.10. The number of fused-ring (bicyclic) bond motifs is 1. The van der Waals surface area contributed by atoms with Crippen molar-refractivity contribution in [2.75, 3.05) is 5.75 Å². The summed E-state index contributed by atoms with van der Waals surface area (Å²) >= 11 is 2.72. The van der Waals surface area contributed by atoms with Crippen LogP contribution in [0, 0.1) is 0 Å². The molecule has 1 aromatic carbocycles. The Hall–Kier alpha value is -2.21. The molecule has 0 spiro atoms. The molecule has 8 nitrogen and oxygen atoms in total. The van der Waals surface area contributed by atoms with Gasteiger partial charge in [-0.1, -0.05) is 30.8 Å². The number of nitrogens with zero attached hydrogens (tertiary/aromatic N) is 2. The highest BCUT2D eigenvalue weighted by atomic mass is 32.2. The highest BCUT2D eigenvalue weighted by molar-refractivity contribution is 7.99. The highest BCUT2D eigenvalue weighted by Crippen LogP contribution is 2.25. The van der Waals surface area contributed by atoms with Gasteiger partial charge in [0.2, 0.25) is 15.9 Å². The molecule has 11 heteroatoms. The van der Waals surface area contributed by atoms with Gasteiger partial charge in [-0.05, 0) is 37.1 Å². The van der Waals surface area contributed by atoms with Gasteiger partial charge in [0.15, 0.2) is 5.16 Å². The number of rotatable bonds is 8. The number of thiophene rings is 1. The fraction of sp³-hybridized carbons (Fsp3) is 0.316. The van der Waals surface area contributed by atoms with E-state index in [1.165, 1.54) is 35.2 Å². The minimum atomic E-state index is -3.74. The molecule has 0 aliphatic heterocycles. The SMILES string of the molecule is CCc1cc2c(=O)n(CC)c(SCC(=O)NCc3ccc(S(N)(=O)=O)cc3)nc2s1. The molecule has 3 aromatic rings. The maximum absolute atomic E-state index is 12.7. The number of aromatic nitrogens is 2. The monoisotopic (exact) mass is 466 g/mol. The number of nitrogens with two attached hydrogens (primary N) is 1. The molecular formula is C19H22N4O4S3. The average Bonchev–Trinajstić information content (AvgIpc) is 3.14. The number of aryl methyl sites for hydroxylation is 1. The molecule has 0 saturated carbocycles. The fourth-order valence-corrected chi connectivity index (χ4v) is 5.21. The molecule has 0 aliphatic carbocycles. The van der Waals surface area contributed by atoms with Crippen molar-refractivity contribution in [1.82, 2.24) is 14.9 Å². The number of sulfonamides is 1. The minimum Gasteiger partial charge on any atom is -0.351 e. The van der Waals surface area contributed by atoms with E-state index >= 15 is 0 Å². The summed E-state index contributed by atoms with van der Waals surface area (Å²) in [6.45, 7) is 4.63. The van der Waals surface area contributed by atoms with Crippen molar-refractivity contribution in [3.8, 4) is 0 Å². The van der Waals surface area contributed by atoms with Crippen LogP contribution < -0.4 is 16.0 Å². The molecule has 0 bridgehead atoms. The zero-order valence-corrected chi connectivity index (χ0v) is 19.0. The summed E-state index contributed by atoms with van der Waals surface area (Å²) in [7, 11) is -3.74. The molecule has 3 N–H and O–H groups in total. The number of amides is 1. The van der Waals surface area contributed by atoms with E-state index in [-0.39, 0.29) is 28.7 Å². The Morgan fingerprint density at radius 2 is 1.97 bits per heavy atom. The van der Waals surface area contributed by atoms with Crippen LogP contribution in [0.1, 0.15) is 24.3 Å². The number of thioether (sulfide) groups is 1. The summed E-state index contributed by atoms with van der Waals surface area (Å²) in [6.07, 6.45) is 0.843. The van der Waals surface area contributed by atoms with E-state index in [0.29, 0.717) is 21.9 Å². The molecule has 0 fully saturated rings. The molecule has 1 amide bonds. The maximum atomic E-state index is 12.7. The highest BCUT2D eigenvalue weighted by Gasteiger charge is 2.15. The molecule has 0 atom stereocenters. The molecule has 30 heavy (non-hydrogen) atoms. The zero-order valence-electron chi connectivity index (χ0n) is 16.5. The first-order valence-electron chi connectivity index (χ1n) is 9.27. The lowest BCUT2D eigenvalue weighted by atomic mass is 10.2. The molecular weight excluding hydrogens is 444 g/mol. The second kappa shape index (κ2) is 9.29. The van der Waals surface area contributed by atoms with Crippen LogP contribution in [0.5, 0.6) is 0 Å². The van der Waals surface area contributed by atoms with Crippen LogP contribution in [0.15, 0.2) is 45.2 Å². The first-order valence-corrected chi connectivity index (χ1v) is 12.6. The lowest BCUT2D eigenvalue weighted by Crippen LogP contribution is -2.26. The van der Waals surface area contributed by atoms with Crippen LogP contribution in [0.25, 0.3) is 10.2 Å². The molecule has 0 radical (unpaired) electrons. The van der Waals surface area contributed by atoms with Gasteiger partial charge in [-0.25, -0.2) is 18.5 Å². The fourth-order valence-electron chi connectivity index (χ4n) is 2.79. The van der Waals surface area contributed by atoms with Gasteiger partial charge in [0.1, 0.15) is 4.83 Å². The minimum absolute atomic E-state index is 0.0203. The lowest BCUT2D eigenvalue weighted by molar-refractivity contribution is -0.118. The third kappa shape index (κ3) is 5.09. The number of nitrogens with one attached hydrogen (secondary N) is 1. The first kappa shape index (κ1) is 22.5. The molecule has 2 aromatic heterocycles. The summed E-state index contributed by atoms with van der Waals surface area (Å²) in [5.74, 6) is -0.105. The normalized spacial score (nSPS) is 11.7. The molecule has 3 rings (SSSR count). The summed E-state index contributed by atoms with van der Waals surface area (Å²) < 4.78 is 24.1. The quantitative estimate of drug-likeness (QED) is 0.387. The van der Waals surface area contributed by atoms with E-state index in [0.717, 1.165) is 16.9 Å². The van der Waals surface area contributed by atoms with E-state index in [1.807, 2.05) is 19.9 Å². The Morgan fingerprint density at radius 3 is 2.57 bits per heavy atom. The van der Waals surface area contributed by atoms with Gasteiger partial charge in [-0.3, -0.25) is 14.2 Å². The Kier molecular flexibility index (Phi) is 6.96. The number of primary sulfonamides is 1. The van der Waals surface area contributed by atoms with Gasteiger partial charge in [0, 0.05) is 18.0 Å². The standard InChI is InChI=1S/C19H22N4O4S3/c1-3-13-9-15-17(29-13)22-19(23(4-2)18(15)25)28-11-16(24)21-10-12-5-7-14(8-6-12)30(20,26)27/h5-9H,3-4,10-11H2,1-2H3,(H,21,24)(H2,20,26,27). The Balaban J connectivity index is 1.65. The maximum Gasteiger partial charge on any atom is 0.262 e. The molecule has 2 heterocycles. The number of hydrogen-bond donors (Lipinski definition) is 2. The summed E-state index contributed by atoms with van der Waals surface area (Å²) in [5, 5.41) is 8.99. The van der Waals surface area contributed by atoms with Crippen LogP contribution in [-0.4, -0.2) is 29.6 Å². The van der Waals surface area contributed by atoms with Crippen molar-refractivity contribution in [1.29, 1.82) is 0 Å². The summed E-state index contributed by atoms with van der Waals surface area (Å²) in [5.41, 5.74) is 0.660. The second-order valence-corrected chi connectivity index (χ2v) is 10.1. The van der Waals surface area contributed by atoms with E-state index in [2.05, 4.69) is 10.3 Å². The van der Waals surface area contributed by atoms with Gasteiger partial charge in [0.25, 0.3) is 5.56 Å². The van der Waals surface area contributed by atoms with Gasteiger partial charge in [0.05, 0.1) is 16.0 Å². The third-order valence-corrected chi connectivity index (χ3v) is 7.48. The van der Waals surface area contributed by atoms with Crippen LogP contribution in [0.3, 0.4) is 0 Å². The summed E-state index contributed by atoms with van der Waals surface area (Å²) in [4.78, 5) is 31.4. The van der Waals surface area contributed by atoms with Gasteiger partial charge < -0.3 is 5.32 Å². The largest absolute Gasteiger partial charge is 0.351 e. The molecule has 0 aliphatic rings.